The van der Waals surface area contributed by atoms with Crippen LogP contribution in [0.25, 0.3) is 5.53 Å². The Labute approximate surface area is 514 Å². The molecular formula is C51H79K2N2O16P. The van der Waals surface area contributed by atoms with Crippen molar-refractivity contribution in [2.75, 3.05) is 40.6 Å². The third kappa shape index (κ3) is 15.0. The van der Waals surface area contributed by atoms with Crippen molar-refractivity contribution in [1.29, 1.82) is 0 Å². The SMILES string of the molecule is C.C.C#C[C@]12CCC(=O)[C@H]1[C@](C)(C(=O)C[C@@](C)(C=C)C1OCCO1)[C@H](C)CC2.C=C[C@](C)(CC(=O)[C@]1(C)[C@H](C)CC[C@@]2(C=O)CCC(=O)[C@H]21)C1OCCO1.COP(=O)(OC)C(=[N+]=[N-])C(C)=O.O=CO[O-].[H-].[K+].[K+]. The minimum atomic E-state index is -3.70. The van der Waals surface area contributed by atoms with E-state index in [4.69, 9.17) is 41.0 Å². The number of Topliss-reactive ketones (excluding diaryl/α,β-unsaturated/α-hetero) is 5. The van der Waals surface area contributed by atoms with Crippen LogP contribution in [0.2, 0.25) is 0 Å². The molecule has 2 aliphatic heterocycles. The van der Waals surface area contributed by atoms with E-state index in [0.29, 0.717) is 58.5 Å². The molecule has 2 saturated heterocycles. The number of ether oxygens (including phenoxy) is 4. The first kappa shape index (κ1) is 73.2. The Hall–Kier alpha value is -0.867. The Morgan fingerprint density at radius 3 is 1.56 bits per heavy atom. The maximum Gasteiger partial charge on any atom is 1.00 e. The average molecular weight is 1090 g/mol. The Bertz CT molecular complexity index is 2080. The Morgan fingerprint density at radius 1 is 0.833 bits per heavy atom. The van der Waals surface area contributed by atoms with Gasteiger partial charge in [0.15, 0.2) is 12.6 Å². The number of ketones is 5. The number of terminal acetylenes is 1. The van der Waals surface area contributed by atoms with Gasteiger partial charge < -0.3 is 49.9 Å². The largest absolute Gasteiger partial charge is 1.00 e. The fraction of sp³-hybridized carbons (Fsp3) is 0.725. The minimum Gasteiger partial charge on any atom is -1.00 e. The van der Waals surface area contributed by atoms with Crippen molar-refractivity contribution in [2.45, 2.75) is 140 Å². The monoisotopic (exact) mass is 1080 g/mol. The van der Waals surface area contributed by atoms with Crippen LogP contribution in [-0.2, 0) is 71.0 Å². The molecule has 4 saturated carbocycles. The third-order valence-electron chi connectivity index (χ3n) is 16.0. The van der Waals surface area contributed by atoms with Gasteiger partial charge in [-0.05, 0) is 50.4 Å². The van der Waals surface area contributed by atoms with Crippen LogP contribution >= 0.6 is 7.60 Å². The van der Waals surface area contributed by atoms with Crippen molar-refractivity contribution in [1.82, 2.24) is 0 Å². The van der Waals surface area contributed by atoms with E-state index < -0.39 is 69.8 Å². The van der Waals surface area contributed by atoms with Gasteiger partial charge in [-0.15, -0.1) is 19.6 Å². The van der Waals surface area contributed by atoms with Crippen molar-refractivity contribution >= 4 is 54.7 Å². The van der Waals surface area contributed by atoms with Crippen LogP contribution in [0.3, 0.4) is 0 Å². The van der Waals surface area contributed by atoms with Gasteiger partial charge in [-0.2, -0.15) is 4.79 Å². The molecule has 4 aliphatic carbocycles. The number of fused-ring (bicyclic) bond motifs is 2. The van der Waals surface area contributed by atoms with Gasteiger partial charge in [0.25, 0.3) is 6.47 Å². The van der Waals surface area contributed by atoms with Crippen LogP contribution in [0.5, 0.6) is 0 Å². The number of carbonyl (C=O) groups excluding carboxylic acids is 7. The summed E-state index contributed by atoms with van der Waals surface area (Å²) in [6, 6.07) is 0. The molecule has 0 spiro atoms. The Morgan fingerprint density at radius 2 is 1.22 bits per heavy atom. The van der Waals surface area contributed by atoms with Crippen molar-refractivity contribution in [2.24, 2.45) is 56.2 Å². The van der Waals surface area contributed by atoms with E-state index in [9.17, 15) is 33.3 Å². The maximum atomic E-state index is 13.6. The van der Waals surface area contributed by atoms with Crippen LogP contribution in [0.4, 0.5) is 0 Å². The molecule has 6 fully saturated rings. The summed E-state index contributed by atoms with van der Waals surface area (Å²) in [6.07, 6.45) is 15.1. The van der Waals surface area contributed by atoms with Gasteiger partial charge in [0.05, 0.1) is 26.4 Å². The first-order valence-corrected chi connectivity index (χ1v) is 24.4. The van der Waals surface area contributed by atoms with Crippen molar-refractivity contribution in [3.05, 3.63) is 30.8 Å². The number of nitrogens with zero attached hydrogens (tertiary/aromatic N) is 2. The smallest absolute Gasteiger partial charge is 1.00 e. The van der Waals surface area contributed by atoms with Gasteiger partial charge in [0, 0.05) is 91.2 Å². The summed E-state index contributed by atoms with van der Waals surface area (Å²) in [7, 11) is -1.51. The quantitative estimate of drug-likeness (QED) is 0.0201. The van der Waals surface area contributed by atoms with E-state index in [1.54, 1.807) is 12.2 Å². The zero-order valence-corrected chi connectivity index (χ0v) is 50.2. The van der Waals surface area contributed by atoms with Crippen LogP contribution in [0, 0.1) is 68.5 Å². The molecule has 18 nitrogen and oxygen atoms in total. The first-order valence-electron chi connectivity index (χ1n) is 22.9. The molecule has 396 valence electrons. The molecule has 0 amide bonds. The molecule has 0 unspecified atom stereocenters. The molecule has 0 aromatic heterocycles. The molecule has 6 rings (SSSR count). The van der Waals surface area contributed by atoms with Gasteiger partial charge in [0.1, 0.15) is 29.4 Å². The van der Waals surface area contributed by atoms with Crippen molar-refractivity contribution in [3.63, 3.8) is 0 Å². The molecule has 0 N–H and O–H groups in total. The second kappa shape index (κ2) is 30.9. The summed E-state index contributed by atoms with van der Waals surface area (Å²) in [5.74, 6) is 1.84. The van der Waals surface area contributed by atoms with E-state index in [0.717, 1.165) is 46.7 Å². The molecule has 2 heterocycles. The normalized spacial score (nSPS) is 30.9. The Balaban J connectivity index is -0.000000991. The van der Waals surface area contributed by atoms with E-state index >= 15 is 0 Å². The molecule has 0 bridgehead atoms. The van der Waals surface area contributed by atoms with Gasteiger partial charge >= 0.3 is 116 Å². The van der Waals surface area contributed by atoms with E-state index in [2.05, 4.69) is 44.7 Å². The first-order chi connectivity index (χ1) is 31.9. The summed E-state index contributed by atoms with van der Waals surface area (Å²) in [4.78, 5) is 89.2. The molecule has 21 heteroatoms. The second-order valence-corrected chi connectivity index (χ2v) is 21.8. The van der Waals surface area contributed by atoms with Crippen LogP contribution in [-0.4, -0.2) is 105 Å². The topological polar surface area (TPSA) is 261 Å². The third-order valence-corrected chi connectivity index (χ3v) is 17.9. The average Bonchev–Trinajstić information content (AvgIpc) is 4.18. The maximum absolute atomic E-state index is 13.6. The fourth-order valence-corrected chi connectivity index (χ4v) is 12.3. The minimum absolute atomic E-state index is 0. The molecule has 0 aromatic carbocycles. The summed E-state index contributed by atoms with van der Waals surface area (Å²) in [6.45, 7) is 22.6. The van der Waals surface area contributed by atoms with Crippen LogP contribution in [0.15, 0.2) is 25.3 Å². The van der Waals surface area contributed by atoms with Gasteiger partial charge in [0.2, 0.25) is 5.78 Å². The number of aldehydes is 1. The zero-order valence-electron chi connectivity index (χ0n) is 44.0. The van der Waals surface area contributed by atoms with E-state index in [1.807, 2.05) is 34.6 Å². The van der Waals surface area contributed by atoms with Gasteiger partial charge in [-0.3, -0.25) is 28.8 Å². The molecule has 10 atom stereocenters. The van der Waals surface area contributed by atoms with E-state index in [-0.39, 0.29) is 179 Å². The van der Waals surface area contributed by atoms with E-state index in [1.165, 1.54) is 0 Å². The van der Waals surface area contributed by atoms with Crippen molar-refractivity contribution in [3.8, 4) is 12.3 Å². The molecule has 0 aromatic rings. The van der Waals surface area contributed by atoms with Gasteiger partial charge in [-0.25, -0.2) is 4.57 Å². The van der Waals surface area contributed by atoms with Crippen LogP contribution in [0.1, 0.15) is 129 Å². The van der Waals surface area contributed by atoms with Crippen molar-refractivity contribution < 1.29 is 185 Å². The zero-order chi connectivity index (χ0) is 51.5. The molecule has 6 aliphatic rings. The predicted octanol–water partition coefficient (Wildman–Crippen LogP) is 1.17. The molecule has 0 radical (unpaired) electrons. The summed E-state index contributed by atoms with van der Waals surface area (Å²) < 4.78 is 42.8. The summed E-state index contributed by atoms with van der Waals surface area (Å²) in [5.41, 5.74) is 3.74. The number of hydrogen-bond acceptors (Lipinski definition) is 16. The summed E-state index contributed by atoms with van der Waals surface area (Å²) in [5, 5.41) is 8.43. The number of carbonyl (C=O) groups is 7. The Kier molecular flexibility index (Phi) is 31.4. The predicted molar refractivity (Wildman–Crippen MR) is 258 cm³/mol. The standard InChI is InChI=1S/C22H30O4.C21H30O5.C5H9N2O4P.CH2O3.2CH4.2K.H/c1-6-20(4,19-25-12-13-26-19)14-17(24)21(5)15(3)8-10-22(7-2)11-9-16(23)18(21)22;1-5-19(3,18-25-10-11-26-18)12-16(24)20(4)14(2)6-8-21(13-22)9-7-15(23)17(20)21;1-4(8)5(7-6)12(9,10-2)11-3;2-1-4-3;;;;;/h2,6,15,18-19H,1,8-14H2,3-5H3;5,13-14,17-18H,1,6-12H2,2-4H3;1-3H3;1,3H;2*1H4;;;/q;;;;;;2*+1;-1/p-1/t15-,18+,20-,21+,22+;14-,17+,19-,20+,21+;;;;;;;/m11......./s1. The molecular weight excluding hydrogens is 1010 g/mol. The van der Waals surface area contributed by atoms with Gasteiger partial charge in [-0.1, -0.05) is 74.5 Å². The number of hydrogen-bond donors (Lipinski definition) is 0. The summed E-state index contributed by atoms with van der Waals surface area (Å²) >= 11 is 0. The molecule has 72 heavy (non-hydrogen) atoms. The second-order valence-electron chi connectivity index (χ2n) is 19.7. The van der Waals surface area contributed by atoms with Crippen LogP contribution < -0.4 is 108 Å². The fourth-order valence-electron chi connectivity index (χ4n) is 11.3. The number of rotatable bonds is 16.